The number of rotatable bonds is 7. The Morgan fingerprint density at radius 3 is 2.73 bits per heavy atom. The Bertz CT molecular complexity index is 980. The second kappa shape index (κ2) is 9.62. The molecule has 2 aromatic carbocycles. The third-order valence-electron chi connectivity index (χ3n) is 3.98. The lowest BCUT2D eigenvalue weighted by Crippen LogP contribution is -2.28. The van der Waals surface area contributed by atoms with Gasteiger partial charge in [0.2, 0.25) is 0 Å². The van der Waals surface area contributed by atoms with Gasteiger partial charge >= 0.3 is 5.97 Å². The number of hydrogen-bond acceptors (Lipinski definition) is 6. The lowest BCUT2D eigenvalue weighted by Gasteiger charge is -2.14. The number of carbonyl (C=O) groups is 2. The summed E-state index contributed by atoms with van der Waals surface area (Å²) in [6.45, 7) is 3.86. The molecule has 0 saturated heterocycles. The summed E-state index contributed by atoms with van der Waals surface area (Å²) in [6, 6.07) is 11.0. The van der Waals surface area contributed by atoms with Gasteiger partial charge in [-0.05, 0) is 49.7 Å². The highest BCUT2D eigenvalue weighted by Gasteiger charge is 2.27. The molecule has 2 N–H and O–H groups in total. The van der Waals surface area contributed by atoms with Gasteiger partial charge in [0.05, 0.1) is 12.6 Å². The van der Waals surface area contributed by atoms with E-state index in [1.54, 1.807) is 30.3 Å². The molecule has 7 nitrogen and oxygen atoms in total. The molecule has 9 heteroatoms. The number of halogens is 1. The minimum atomic E-state index is -0.979. The van der Waals surface area contributed by atoms with Crippen LogP contribution in [-0.2, 0) is 11.4 Å². The number of carboxylic acid groups (broad SMARTS) is 1. The summed E-state index contributed by atoms with van der Waals surface area (Å²) in [5.74, 6) is -1.33. The molecule has 0 radical (unpaired) electrons. The molecule has 2 aromatic rings. The van der Waals surface area contributed by atoms with Crippen LogP contribution in [0.2, 0.25) is 0 Å². The molecule has 1 atom stereocenters. The lowest BCUT2D eigenvalue weighted by atomic mass is 10.1. The van der Waals surface area contributed by atoms with Gasteiger partial charge in [0.15, 0.2) is 16.7 Å². The van der Waals surface area contributed by atoms with Gasteiger partial charge in [0, 0.05) is 5.56 Å². The number of carbonyl (C=O) groups excluding carboxylic acids is 1. The molecule has 1 heterocycles. The van der Waals surface area contributed by atoms with Crippen LogP contribution in [0.15, 0.2) is 47.5 Å². The molecule has 158 valence electrons. The van der Waals surface area contributed by atoms with Crippen LogP contribution in [0, 0.1) is 5.82 Å². The van der Waals surface area contributed by atoms with E-state index < -0.39 is 22.9 Å². The standard InChI is InChI=1S/C21H21FN2O5S/c1-12(2)29-15-8-13(11-28-17-6-4-3-5-16(17)22)7-14(9-15)19(25)24-21-23-10-18(30-21)20(26)27/h3-9,12,18H,10-11H2,1-2H3,(H,26,27)(H,23,24,25). The minimum Gasteiger partial charge on any atom is -0.491 e. The summed E-state index contributed by atoms with van der Waals surface area (Å²) in [7, 11) is 0. The number of nitrogens with one attached hydrogen (secondary N) is 1. The number of ether oxygens (including phenoxy) is 2. The fraction of sp³-hybridized carbons (Fsp3) is 0.286. The van der Waals surface area contributed by atoms with Gasteiger partial charge in [-0.15, -0.1) is 0 Å². The van der Waals surface area contributed by atoms with Crippen molar-refractivity contribution in [2.24, 2.45) is 4.99 Å². The molecule has 0 aromatic heterocycles. The van der Waals surface area contributed by atoms with E-state index in [0.717, 1.165) is 11.8 Å². The maximum atomic E-state index is 13.8. The van der Waals surface area contributed by atoms with E-state index in [9.17, 15) is 14.0 Å². The molecule has 1 aliphatic heterocycles. The number of amides is 1. The van der Waals surface area contributed by atoms with Crippen molar-refractivity contribution in [2.45, 2.75) is 31.8 Å². The molecule has 0 bridgehead atoms. The maximum Gasteiger partial charge on any atom is 0.319 e. The molecule has 0 saturated carbocycles. The van der Waals surface area contributed by atoms with Crippen molar-refractivity contribution in [3.63, 3.8) is 0 Å². The summed E-state index contributed by atoms with van der Waals surface area (Å²) in [4.78, 5) is 27.8. The van der Waals surface area contributed by atoms with Crippen LogP contribution in [0.25, 0.3) is 0 Å². The number of amidine groups is 1. The van der Waals surface area contributed by atoms with Gasteiger partial charge in [-0.25, -0.2) is 4.39 Å². The zero-order chi connectivity index (χ0) is 21.7. The Morgan fingerprint density at radius 1 is 1.30 bits per heavy atom. The normalized spacial score (nSPS) is 15.6. The third kappa shape index (κ3) is 5.73. The van der Waals surface area contributed by atoms with Crippen LogP contribution in [0.3, 0.4) is 0 Å². The molecule has 1 unspecified atom stereocenters. The van der Waals surface area contributed by atoms with E-state index >= 15 is 0 Å². The van der Waals surface area contributed by atoms with Gasteiger partial charge in [0.25, 0.3) is 5.91 Å². The average Bonchev–Trinajstić information content (AvgIpc) is 3.15. The van der Waals surface area contributed by atoms with E-state index in [0.29, 0.717) is 16.9 Å². The first-order valence-electron chi connectivity index (χ1n) is 9.25. The van der Waals surface area contributed by atoms with Gasteiger partial charge < -0.3 is 19.9 Å². The van der Waals surface area contributed by atoms with Crippen molar-refractivity contribution < 1.29 is 28.6 Å². The molecule has 0 fully saturated rings. The molecule has 30 heavy (non-hydrogen) atoms. The lowest BCUT2D eigenvalue weighted by molar-refractivity contribution is -0.136. The van der Waals surface area contributed by atoms with Crippen molar-refractivity contribution in [2.75, 3.05) is 6.54 Å². The molecule has 3 rings (SSSR count). The molecular formula is C21H21FN2O5S. The monoisotopic (exact) mass is 432 g/mol. The van der Waals surface area contributed by atoms with Crippen molar-refractivity contribution in [3.05, 3.63) is 59.4 Å². The van der Waals surface area contributed by atoms with Gasteiger partial charge in [0.1, 0.15) is 17.6 Å². The van der Waals surface area contributed by atoms with E-state index in [-0.39, 0.29) is 30.2 Å². The van der Waals surface area contributed by atoms with E-state index in [1.165, 1.54) is 12.1 Å². The predicted molar refractivity (Wildman–Crippen MR) is 112 cm³/mol. The third-order valence-corrected chi connectivity index (χ3v) is 5.07. The second-order valence-corrected chi connectivity index (χ2v) is 7.99. The summed E-state index contributed by atoms with van der Waals surface area (Å²) in [5.41, 5.74) is 0.910. The van der Waals surface area contributed by atoms with Gasteiger partial charge in [-0.3, -0.25) is 14.6 Å². The largest absolute Gasteiger partial charge is 0.491 e. The van der Waals surface area contributed by atoms with E-state index in [4.69, 9.17) is 14.6 Å². The number of thioether (sulfide) groups is 1. The highest BCUT2D eigenvalue weighted by molar-refractivity contribution is 8.15. The van der Waals surface area contributed by atoms with E-state index in [1.807, 2.05) is 13.8 Å². The first kappa shape index (κ1) is 21.6. The maximum absolute atomic E-state index is 13.8. The van der Waals surface area contributed by atoms with Crippen LogP contribution in [0.4, 0.5) is 4.39 Å². The summed E-state index contributed by atoms with van der Waals surface area (Å²) < 4.78 is 25.0. The Morgan fingerprint density at radius 2 is 2.07 bits per heavy atom. The number of aliphatic imine (C=N–C) groups is 1. The Labute approximate surface area is 177 Å². The zero-order valence-electron chi connectivity index (χ0n) is 16.4. The molecule has 1 aliphatic rings. The Hall–Kier alpha value is -3.07. The van der Waals surface area contributed by atoms with Crippen LogP contribution in [0.1, 0.15) is 29.8 Å². The van der Waals surface area contributed by atoms with E-state index in [2.05, 4.69) is 10.3 Å². The predicted octanol–water partition coefficient (Wildman–Crippen LogP) is 3.48. The first-order valence-corrected chi connectivity index (χ1v) is 10.1. The molecular weight excluding hydrogens is 411 g/mol. The summed E-state index contributed by atoms with van der Waals surface area (Å²) in [5, 5.41) is 11.2. The van der Waals surface area contributed by atoms with Crippen molar-refractivity contribution in [1.29, 1.82) is 0 Å². The van der Waals surface area contributed by atoms with Crippen LogP contribution in [0.5, 0.6) is 11.5 Å². The number of nitrogens with zero attached hydrogens (tertiary/aromatic N) is 1. The van der Waals surface area contributed by atoms with Crippen molar-refractivity contribution in [1.82, 2.24) is 5.32 Å². The van der Waals surface area contributed by atoms with Gasteiger partial charge in [-0.2, -0.15) is 0 Å². The summed E-state index contributed by atoms with van der Waals surface area (Å²) in [6.07, 6.45) is -0.116. The minimum absolute atomic E-state index is 0.0350. The van der Waals surface area contributed by atoms with Crippen LogP contribution < -0.4 is 14.8 Å². The number of para-hydroxylation sites is 1. The number of benzene rings is 2. The molecule has 1 amide bonds. The van der Waals surface area contributed by atoms with Crippen molar-refractivity contribution in [3.8, 4) is 11.5 Å². The molecule has 0 aliphatic carbocycles. The Kier molecular flexibility index (Phi) is 6.94. The average molecular weight is 432 g/mol. The number of hydrogen-bond donors (Lipinski definition) is 2. The first-order chi connectivity index (χ1) is 14.3. The molecule has 0 spiro atoms. The fourth-order valence-electron chi connectivity index (χ4n) is 2.68. The van der Waals surface area contributed by atoms with Crippen LogP contribution >= 0.6 is 11.8 Å². The number of carboxylic acids is 1. The Balaban J connectivity index is 1.76. The van der Waals surface area contributed by atoms with Crippen LogP contribution in [-0.4, -0.2) is 40.0 Å². The topological polar surface area (TPSA) is 97.2 Å². The number of aliphatic carboxylic acids is 1. The quantitative estimate of drug-likeness (QED) is 0.695. The highest BCUT2D eigenvalue weighted by atomic mass is 32.2. The van der Waals surface area contributed by atoms with Gasteiger partial charge in [-0.1, -0.05) is 23.9 Å². The SMILES string of the molecule is CC(C)Oc1cc(COc2ccccc2F)cc(C(=O)NC2=NCC(C(=O)O)S2)c1. The summed E-state index contributed by atoms with van der Waals surface area (Å²) >= 11 is 0.991. The fourth-order valence-corrected chi connectivity index (χ4v) is 3.50. The highest BCUT2D eigenvalue weighted by Crippen LogP contribution is 2.23. The van der Waals surface area contributed by atoms with Crippen molar-refractivity contribution >= 4 is 28.8 Å². The smallest absolute Gasteiger partial charge is 0.319 e. The zero-order valence-corrected chi connectivity index (χ0v) is 17.2. The second-order valence-electron chi connectivity index (χ2n) is 6.80.